The van der Waals surface area contributed by atoms with E-state index in [1.807, 2.05) is 63.2 Å². The minimum absolute atomic E-state index is 0.00888. The summed E-state index contributed by atoms with van der Waals surface area (Å²) in [5, 5.41) is 15.9. The Morgan fingerprint density at radius 1 is 0.953 bits per heavy atom. The van der Waals surface area contributed by atoms with Gasteiger partial charge in [-0.25, -0.2) is 9.80 Å². The third-order valence-corrected chi connectivity index (χ3v) is 6.32. The Morgan fingerprint density at radius 3 is 2.19 bits per heavy atom. The molecule has 0 aliphatic carbocycles. The highest BCUT2D eigenvalue weighted by Crippen LogP contribution is 2.38. The van der Waals surface area contributed by atoms with E-state index >= 15 is 0 Å². The van der Waals surface area contributed by atoms with Crippen LogP contribution < -0.4 is 14.5 Å². The number of ether oxygens (including phenoxy) is 2. The van der Waals surface area contributed by atoms with E-state index in [9.17, 15) is 19.7 Å². The van der Waals surface area contributed by atoms with Crippen LogP contribution in [-0.4, -0.2) is 46.1 Å². The number of hydrazone groups is 1. The largest absolute Gasteiger partial charge is 0.486 e. The van der Waals surface area contributed by atoms with Crippen LogP contribution in [0.3, 0.4) is 0 Å². The van der Waals surface area contributed by atoms with Crippen molar-refractivity contribution in [3.05, 3.63) is 99.6 Å². The van der Waals surface area contributed by atoms with E-state index in [-0.39, 0.29) is 11.7 Å². The van der Waals surface area contributed by atoms with Gasteiger partial charge in [-0.15, -0.1) is 10.1 Å². The van der Waals surface area contributed by atoms with E-state index in [1.165, 1.54) is 34.2 Å². The molecule has 0 saturated heterocycles. The van der Waals surface area contributed by atoms with Crippen molar-refractivity contribution in [1.29, 1.82) is 0 Å². The van der Waals surface area contributed by atoms with E-state index in [0.717, 1.165) is 11.1 Å². The van der Waals surface area contributed by atoms with Crippen LogP contribution in [0.2, 0.25) is 0 Å². The molecule has 1 aliphatic heterocycles. The SMILES string of the molecule is CN(C(=O)OC(C)(C)C)c1ccc(C2=NN(C(=O)c3ccc(O[N+](=O)[O-])cc3)C(c3ccccc3)C2)cc1OC(C)(C)C. The van der Waals surface area contributed by atoms with Gasteiger partial charge in [-0.3, -0.25) is 14.5 Å². The second-order valence-corrected chi connectivity index (χ2v) is 12.1. The van der Waals surface area contributed by atoms with Crippen molar-refractivity contribution >= 4 is 23.4 Å². The molecular weight excluding hydrogens is 552 g/mol. The molecule has 3 aromatic carbocycles. The van der Waals surface area contributed by atoms with E-state index in [1.54, 1.807) is 33.9 Å². The zero-order chi connectivity index (χ0) is 31.5. The van der Waals surface area contributed by atoms with Gasteiger partial charge in [0.2, 0.25) is 0 Å². The predicted molar refractivity (Wildman–Crippen MR) is 162 cm³/mol. The molecule has 1 heterocycles. The number of hydrogen-bond donors (Lipinski definition) is 0. The van der Waals surface area contributed by atoms with Crippen LogP contribution >= 0.6 is 0 Å². The van der Waals surface area contributed by atoms with E-state index in [0.29, 0.717) is 29.1 Å². The van der Waals surface area contributed by atoms with Gasteiger partial charge in [-0.05, 0) is 83.5 Å². The van der Waals surface area contributed by atoms with Gasteiger partial charge in [0.1, 0.15) is 22.7 Å². The topological polar surface area (TPSA) is 124 Å². The maximum Gasteiger partial charge on any atom is 0.414 e. The molecule has 1 unspecified atom stereocenters. The van der Waals surface area contributed by atoms with Gasteiger partial charge in [-0.2, -0.15) is 5.10 Å². The van der Waals surface area contributed by atoms with Gasteiger partial charge in [0, 0.05) is 24.6 Å². The zero-order valence-corrected chi connectivity index (χ0v) is 25.4. The number of anilines is 1. The molecule has 0 bridgehead atoms. The van der Waals surface area contributed by atoms with E-state index < -0.39 is 28.4 Å². The fraction of sp³-hybridized carbons (Fsp3) is 0.344. The Labute approximate surface area is 250 Å². The molecule has 11 heteroatoms. The molecule has 0 spiro atoms. The van der Waals surface area contributed by atoms with Crippen molar-refractivity contribution < 1.29 is 29.0 Å². The molecule has 0 fully saturated rings. The first kappa shape index (κ1) is 31.0. The maximum absolute atomic E-state index is 13.7. The first-order valence-electron chi connectivity index (χ1n) is 13.8. The fourth-order valence-electron chi connectivity index (χ4n) is 4.49. The van der Waals surface area contributed by atoms with Crippen molar-refractivity contribution in [2.45, 2.75) is 65.2 Å². The highest BCUT2D eigenvalue weighted by molar-refractivity contribution is 6.06. The van der Waals surface area contributed by atoms with Gasteiger partial charge < -0.3 is 9.47 Å². The highest BCUT2D eigenvalue weighted by Gasteiger charge is 2.34. The molecule has 1 aliphatic rings. The molecule has 0 radical (unpaired) electrons. The molecule has 11 nitrogen and oxygen atoms in total. The summed E-state index contributed by atoms with van der Waals surface area (Å²) in [6, 6.07) is 20.3. The van der Waals surface area contributed by atoms with Crippen LogP contribution in [0.5, 0.6) is 11.5 Å². The van der Waals surface area contributed by atoms with Crippen LogP contribution in [0.1, 0.15) is 75.5 Å². The smallest absolute Gasteiger partial charge is 0.414 e. The monoisotopic (exact) mass is 588 g/mol. The van der Waals surface area contributed by atoms with Crippen molar-refractivity contribution in [2.24, 2.45) is 5.10 Å². The van der Waals surface area contributed by atoms with Crippen LogP contribution in [0.15, 0.2) is 77.9 Å². The standard InChI is InChI=1S/C32H36N4O7/c1-31(2,3)41-28-19-23(15-18-26(28)34(7)30(38)42-32(4,5)6)25-20-27(21-11-9-8-10-12-21)35(33-25)29(37)22-13-16-24(17-14-22)43-36(39)40/h8-19,27H,20H2,1-7H3. The number of rotatable bonds is 7. The number of benzene rings is 3. The molecule has 226 valence electrons. The molecule has 0 N–H and O–H groups in total. The van der Waals surface area contributed by atoms with Gasteiger partial charge in [0.25, 0.3) is 11.0 Å². The molecule has 2 amide bonds. The lowest BCUT2D eigenvalue weighted by Gasteiger charge is -2.28. The summed E-state index contributed by atoms with van der Waals surface area (Å²) in [4.78, 5) is 43.1. The van der Waals surface area contributed by atoms with Gasteiger partial charge in [0.15, 0.2) is 0 Å². The van der Waals surface area contributed by atoms with E-state index in [4.69, 9.17) is 14.6 Å². The first-order valence-corrected chi connectivity index (χ1v) is 13.8. The average molecular weight is 589 g/mol. The summed E-state index contributed by atoms with van der Waals surface area (Å²) in [7, 11) is 1.62. The summed E-state index contributed by atoms with van der Waals surface area (Å²) in [6.07, 6.45) is -0.0955. The van der Waals surface area contributed by atoms with Gasteiger partial charge in [0.05, 0.1) is 17.4 Å². The Kier molecular flexibility index (Phi) is 8.75. The lowest BCUT2D eigenvalue weighted by Crippen LogP contribution is -2.35. The third-order valence-electron chi connectivity index (χ3n) is 6.32. The summed E-state index contributed by atoms with van der Waals surface area (Å²) < 4.78 is 11.8. The van der Waals surface area contributed by atoms with Crippen LogP contribution in [0.25, 0.3) is 0 Å². The average Bonchev–Trinajstić information content (AvgIpc) is 3.37. The zero-order valence-electron chi connectivity index (χ0n) is 25.4. The lowest BCUT2D eigenvalue weighted by molar-refractivity contribution is -0.711. The summed E-state index contributed by atoms with van der Waals surface area (Å²) in [5.74, 6) is 0.0991. The van der Waals surface area contributed by atoms with Crippen molar-refractivity contribution in [3.63, 3.8) is 0 Å². The van der Waals surface area contributed by atoms with Crippen LogP contribution in [0.4, 0.5) is 10.5 Å². The summed E-state index contributed by atoms with van der Waals surface area (Å²) in [5.41, 5.74) is 1.86. The number of carbonyl (C=O) groups excluding carboxylic acids is 2. The van der Waals surface area contributed by atoms with Crippen LogP contribution in [0, 0.1) is 10.1 Å². The van der Waals surface area contributed by atoms with Gasteiger partial charge >= 0.3 is 6.09 Å². The second kappa shape index (κ2) is 12.1. The summed E-state index contributed by atoms with van der Waals surface area (Å²) >= 11 is 0. The van der Waals surface area contributed by atoms with Gasteiger partial charge in [-0.1, -0.05) is 36.4 Å². The number of hydrogen-bond acceptors (Lipinski definition) is 8. The number of amides is 2. The number of nitrogens with zero attached hydrogens (tertiary/aromatic N) is 4. The molecule has 0 saturated carbocycles. The molecule has 1 atom stereocenters. The molecular formula is C32H36N4O7. The van der Waals surface area contributed by atoms with Crippen molar-refractivity contribution in [3.8, 4) is 11.5 Å². The van der Waals surface area contributed by atoms with Crippen molar-refractivity contribution in [1.82, 2.24) is 5.01 Å². The predicted octanol–water partition coefficient (Wildman–Crippen LogP) is 6.80. The lowest BCUT2D eigenvalue weighted by atomic mass is 9.97. The molecule has 3 aromatic rings. The third kappa shape index (κ3) is 7.88. The minimum atomic E-state index is -0.909. The first-order chi connectivity index (χ1) is 20.1. The minimum Gasteiger partial charge on any atom is -0.486 e. The molecule has 4 rings (SSSR count). The second-order valence-electron chi connectivity index (χ2n) is 12.1. The number of carbonyl (C=O) groups is 2. The summed E-state index contributed by atoms with van der Waals surface area (Å²) in [6.45, 7) is 11.2. The van der Waals surface area contributed by atoms with E-state index in [2.05, 4.69) is 4.84 Å². The van der Waals surface area contributed by atoms with Crippen molar-refractivity contribution in [2.75, 3.05) is 11.9 Å². The van der Waals surface area contributed by atoms with Crippen LogP contribution in [-0.2, 0) is 4.74 Å². The fourth-order valence-corrected chi connectivity index (χ4v) is 4.49. The Bertz CT molecular complexity index is 1520. The Morgan fingerprint density at radius 2 is 1.60 bits per heavy atom. The Hall–Kier alpha value is -4.93. The molecule has 0 aromatic heterocycles. The quantitative estimate of drug-likeness (QED) is 0.220. The Balaban J connectivity index is 1.72. The maximum atomic E-state index is 13.7. The normalized spacial score (nSPS) is 15.0. The molecule has 43 heavy (non-hydrogen) atoms. The highest BCUT2D eigenvalue weighted by atomic mass is 17.0.